The highest BCUT2D eigenvalue weighted by molar-refractivity contribution is 6.39. The van der Waals surface area contributed by atoms with Gasteiger partial charge in [0.2, 0.25) is 0 Å². The Morgan fingerprint density at radius 3 is 2.88 bits per heavy atom. The molecule has 0 bridgehead atoms. The fourth-order valence-corrected chi connectivity index (χ4v) is 2.89. The van der Waals surface area contributed by atoms with E-state index in [1.807, 2.05) is 12.1 Å². The average Bonchev–Trinajstić information content (AvgIpc) is 3.13. The predicted molar refractivity (Wildman–Crippen MR) is 87.7 cm³/mol. The highest BCUT2D eigenvalue weighted by Crippen LogP contribution is 2.30. The number of halogens is 1. The number of rotatable bonds is 2. The lowest BCUT2D eigenvalue weighted by atomic mass is 10.1. The number of nitriles is 1. The molecule has 0 saturated carbocycles. The third-order valence-electron chi connectivity index (χ3n) is 4.08. The highest BCUT2D eigenvalue weighted by atomic mass is 19.1. The van der Waals surface area contributed by atoms with Gasteiger partial charge in [-0.3, -0.25) is 14.6 Å². The summed E-state index contributed by atoms with van der Waals surface area (Å²) in [6.45, 7) is 0.473. The van der Waals surface area contributed by atoms with E-state index in [-0.39, 0.29) is 17.3 Å². The number of amides is 2. The SMILES string of the molecule is N#Cc1cc(NC(=O)C(=O)N2CCC[C@@H]2c2ccccn2)ccc1F. The number of nitrogens with one attached hydrogen (secondary N) is 1. The molecular weight excluding hydrogens is 323 g/mol. The topological polar surface area (TPSA) is 86.1 Å². The van der Waals surface area contributed by atoms with Crippen molar-refractivity contribution in [1.82, 2.24) is 9.88 Å². The van der Waals surface area contributed by atoms with E-state index in [4.69, 9.17) is 5.26 Å². The molecule has 6 nitrogen and oxygen atoms in total. The van der Waals surface area contributed by atoms with Crippen molar-refractivity contribution in [2.75, 3.05) is 11.9 Å². The Bertz CT molecular complexity index is 848. The first kappa shape index (κ1) is 16.6. The maximum Gasteiger partial charge on any atom is 0.313 e. The van der Waals surface area contributed by atoms with E-state index in [9.17, 15) is 14.0 Å². The first-order chi connectivity index (χ1) is 12.1. The van der Waals surface area contributed by atoms with Crippen LogP contribution in [0.5, 0.6) is 0 Å². The number of nitrogens with zero attached hydrogens (tertiary/aromatic N) is 3. The van der Waals surface area contributed by atoms with Gasteiger partial charge in [0.25, 0.3) is 0 Å². The van der Waals surface area contributed by atoms with Gasteiger partial charge >= 0.3 is 11.8 Å². The number of pyridine rings is 1. The second-order valence-electron chi connectivity index (χ2n) is 5.67. The second kappa shape index (κ2) is 7.09. The summed E-state index contributed by atoms with van der Waals surface area (Å²) in [6, 6.07) is 10.5. The third kappa shape index (κ3) is 3.48. The zero-order valence-electron chi connectivity index (χ0n) is 13.3. The summed E-state index contributed by atoms with van der Waals surface area (Å²) in [7, 11) is 0. The van der Waals surface area contributed by atoms with Crippen molar-refractivity contribution in [3.8, 4) is 6.07 Å². The molecule has 2 heterocycles. The number of likely N-dealkylation sites (tertiary alicyclic amines) is 1. The van der Waals surface area contributed by atoms with Crippen molar-refractivity contribution < 1.29 is 14.0 Å². The van der Waals surface area contributed by atoms with Crippen LogP contribution in [0.1, 0.15) is 30.1 Å². The van der Waals surface area contributed by atoms with Gasteiger partial charge in [-0.25, -0.2) is 4.39 Å². The molecule has 1 saturated heterocycles. The number of aromatic nitrogens is 1. The first-order valence-electron chi connectivity index (χ1n) is 7.82. The van der Waals surface area contributed by atoms with Crippen LogP contribution in [0.3, 0.4) is 0 Å². The van der Waals surface area contributed by atoms with Crippen LogP contribution in [-0.4, -0.2) is 28.2 Å². The molecule has 0 radical (unpaired) electrons. The molecule has 1 aromatic heterocycles. The molecule has 126 valence electrons. The van der Waals surface area contributed by atoms with Crippen LogP contribution < -0.4 is 5.32 Å². The van der Waals surface area contributed by atoms with Crippen LogP contribution in [-0.2, 0) is 9.59 Å². The van der Waals surface area contributed by atoms with Gasteiger partial charge in [-0.05, 0) is 43.2 Å². The number of hydrogen-bond donors (Lipinski definition) is 1. The van der Waals surface area contributed by atoms with Crippen LogP contribution in [0.25, 0.3) is 0 Å². The number of carbonyl (C=O) groups is 2. The number of anilines is 1. The van der Waals surface area contributed by atoms with Crippen molar-refractivity contribution in [3.05, 3.63) is 59.7 Å². The molecule has 0 aliphatic carbocycles. The van der Waals surface area contributed by atoms with Crippen LogP contribution in [0.2, 0.25) is 0 Å². The summed E-state index contributed by atoms with van der Waals surface area (Å²) < 4.78 is 13.3. The zero-order valence-corrected chi connectivity index (χ0v) is 13.3. The Kier molecular flexibility index (Phi) is 4.70. The smallest absolute Gasteiger partial charge is 0.313 e. The Labute approximate surface area is 143 Å². The van der Waals surface area contributed by atoms with Gasteiger partial charge in [-0.15, -0.1) is 0 Å². The quantitative estimate of drug-likeness (QED) is 0.852. The molecule has 1 aliphatic rings. The van der Waals surface area contributed by atoms with Crippen molar-refractivity contribution in [3.63, 3.8) is 0 Å². The molecule has 1 N–H and O–H groups in total. The summed E-state index contributed by atoms with van der Waals surface area (Å²) in [5.74, 6) is -2.17. The molecule has 2 aromatic rings. The lowest BCUT2D eigenvalue weighted by Gasteiger charge is -2.23. The lowest BCUT2D eigenvalue weighted by molar-refractivity contribution is -0.143. The molecule has 1 aromatic carbocycles. The largest absolute Gasteiger partial charge is 0.326 e. The molecule has 0 unspecified atom stereocenters. The fraction of sp³-hybridized carbons (Fsp3) is 0.222. The summed E-state index contributed by atoms with van der Waals surface area (Å²) in [5.41, 5.74) is 0.748. The van der Waals surface area contributed by atoms with Gasteiger partial charge in [0.1, 0.15) is 11.9 Å². The van der Waals surface area contributed by atoms with E-state index in [0.717, 1.165) is 24.6 Å². The maximum absolute atomic E-state index is 13.3. The molecular formula is C18H15FN4O2. The molecule has 2 amide bonds. The number of benzene rings is 1. The van der Waals surface area contributed by atoms with Crippen LogP contribution in [0.4, 0.5) is 10.1 Å². The van der Waals surface area contributed by atoms with E-state index in [2.05, 4.69) is 10.3 Å². The van der Waals surface area contributed by atoms with Crippen molar-refractivity contribution in [2.24, 2.45) is 0 Å². The molecule has 1 aliphatic heterocycles. The molecule has 1 fully saturated rings. The van der Waals surface area contributed by atoms with Gasteiger partial charge in [0.05, 0.1) is 17.3 Å². The Balaban J connectivity index is 1.74. The van der Waals surface area contributed by atoms with Gasteiger partial charge in [0.15, 0.2) is 0 Å². The van der Waals surface area contributed by atoms with Crippen molar-refractivity contribution in [1.29, 1.82) is 5.26 Å². The van der Waals surface area contributed by atoms with E-state index < -0.39 is 17.6 Å². The van der Waals surface area contributed by atoms with Crippen molar-refractivity contribution in [2.45, 2.75) is 18.9 Å². The van der Waals surface area contributed by atoms with Gasteiger partial charge < -0.3 is 10.2 Å². The average molecular weight is 338 g/mol. The standard InChI is InChI=1S/C18H15FN4O2/c19-14-7-6-13(10-12(14)11-20)22-17(24)18(25)23-9-3-5-16(23)15-4-1-2-8-21-15/h1-2,4,6-8,10,16H,3,5,9H2,(H,22,24)/t16-/m1/s1. The third-order valence-corrected chi connectivity index (χ3v) is 4.08. The lowest BCUT2D eigenvalue weighted by Crippen LogP contribution is -2.39. The number of hydrogen-bond acceptors (Lipinski definition) is 4. The first-order valence-corrected chi connectivity index (χ1v) is 7.82. The van der Waals surface area contributed by atoms with E-state index in [0.29, 0.717) is 6.54 Å². The second-order valence-corrected chi connectivity index (χ2v) is 5.67. The maximum atomic E-state index is 13.3. The summed E-state index contributed by atoms with van der Waals surface area (Å²) in [5, 5.41) is 11.3. The molecule has 0 spiro atoms. The van der Waals surface area contributed by atoms with Gasteiger partial charge in [-0.2, -0.15) is 5.26 Å². The summed E-state index contributed by atoms with van der Waals surface area (Å²) >= 11 is 0. The van der Waals surface area contributed by atoms with Crippen LogP contribution in [0, 0.1) is 17.1 Å². The predicted octanol–water partition coefficient (Wildman–Crippen LogP) is 2.39. The zero-order chi connectivity index (χ0) is 17.8. The molecule has 7 heteroatoms. The van der Waals surface area contributed by atoms with E-state index >= 15 is 0 Å². The molecule has 3 rings (SSSR count). The van der Waals surface area contributed by atoms with Gasteiger partial charge in [-0.1, -0.05) is 6.07 Å². The number of carbonyl (C=O) groups excluding carboxylic acids is 2. The minimum Gasteiger partial charge on any atom is -0.326 e. The minimum absolute atomic E-state index is 0.196. The highest BCUT2D eigenvalue weighted by Gasteiger charge is 2.34. The van der Waals surface area contributed by atoms with E-state index in [1.54, 1.807) is 18.3 Å². The van der Waals surface area contributed by atoms with Gasteiger partial charge in [0, 0.05) is 18.4 Å². The normalized spacial score (nSPS) is 16.3. The van der Waals surface area contributed by atoms with Crippen LogP contribution >= 0.6 is 0 Å². The van der Waals surface area contributed by atoms with Crippen molar-refractivity contribution >= 4 is 17.5 Å². The Morgan fingerprint density at radius 1 is 1.32 bits per heavy atom. The Hall–Kier alpha value is -3.27. The van der Waals surface area contributed by atoms with E-state index in [1.165, 1.54) is 17.0 Å². The monoisotopic (exact) mass is 338 g/mol. The molecule has 1 atom stereocenters. The summed E-state index contributed by atoms with van der Waals surface area (Å²) in [6.07, 6.45) is 3.18. The molecule has 25 heavy (non-hydrogen) atoms. The Morgan fingerprint density at radius 2 is 2.16 bits per heavy atom. The summed E-state index contributed by atoms with van der Waals surface area (Å²) in [4.78, 5) is 30.5. The van der Waals surface area contributed by atoms with Crippen LogP contribution in [0.15, 0.2) is 42.6 Å². The fourth-order valence-electron chi connectivity index (χ4n) is 2.89. The minimum atomic E-state index is -0.821.